The van der Waals surface area contributed by atoms with E-state index >= 15 is 0 Å². The van der Waals surface area contributed by atoms with Gasteiger partial charge in [0.15, 0.2) is 9.84 Å². The van der Waals surface area contributed by atoms with E-state index in [9.17, 15) is 18.0 Å². The van der Waals surface area contributed by atoms with Gasteiger partial charge in [-0.05, 0) is 55.0 Å². The molecule has 0 unspecified atom stereocenters. The molecule has 27 heavy (non-hydrogen) atoms. The van der Waals surface area contributed by atoms with Gasteiger partial charge in [-0.15, -0.1) is 0 Å². The second-order valence-corrected chi connectivity index (χ2v) is 7.59. The molecule has 8 heteroatoms. The molecular weight excluding hydrogens is 368 g/mol. The highest BCUT2D eigenvalue weighted by Gasteiger charge is 2.10. The second kappa shape index (κ2) is 9.00. The van der Waals surface area contributed by atoms with E-state index in [1.165, 1.54) is 30.3 Å². The number of sulfone groups is 1. The van der Waals surface area contributed by atoms with Crippen LogP contribution in [0.15, 0.2) is 59.5 Å². The summed E-state index contributed by atoms with van der Waals surface area (Å²) in [5, 5.41) is 0. The third-order valence-corrected chi connectivity index (χ3v) is 4.59. The molecule has 2 N–H and O–H groups in total. The summed E-state index contributed by atoms with van der Waals surface area (Å²) in [6.07, 6.45) is 3.96. The van der Waals surface area contributed by atoms with Crippen LogP contribution in [0.4, 0.5) is 0 Å². The summed E-state index contributed by atoms with van der Waals surface area (Å²) >= 11 is 0. The molecule has 0 bridgehead atoms. The van der Waals surface area contributed by atoms with Crippen LogP contribution >= 0.6 is 0 Å². The molecule has 2 aromatic carbocycles. The molecule has 0 spiro atoms. The Bertz CT molecular complexity index is 933. The third-order valence-electron chi connectivity index (χ3n) is 3.46. The van der Waals surface area contributed by atoms with E-state index in [4.69, 9.17) is 4.74 Å². The molecule has 0 aromatic heterocycles. The number of benzene rings is 2. The summed E-state index contributed by atoms with van der Waals surface area (Å²) in [7, 11) is -3.33. The van der Waals surface area contributed by atoms with Crippen molar-refractivity contribution >= 4 is 27.7 Å². The maximum atomic E-state index is 12.0. The van der Waals surface area contributed by atoms with Gasteiger partial charge in [-0.1, -0.05) is 12.1 Å². The van der Waals surface area contributed by atoms with Gasteiger partial charge in [0.05, 0.1) is 11.5 Å². The Labute approximate surface area is 157 Å². The van der Waals surface area contributed by atoms with Crippen molar-refractivity contribution in [1.29, 1.82) is 0 Å². The van der Waals surface area contributed by atoms with Crippen LogP contribution in [0.1, 0.15) is 22.8 Å². The first kappa shape index (κ1) is 20.2. The fourth-order valence-electron chi connectivity index (χ4n) is 2.10. The molecule has 0 saturated carbocycles. The summed E-state index contributed by atoms with van der Waals surface area (Å²) in [4.78, 5) is 23.9. The van der Waals surface area contributed by atoms with Crippen molar-refractivity contribution in [2.24, 2.45) is 0 Å². The standard InChI is InChI=1S/C19H20N2O5S/c1-3-26-16-9-4-14(5-10-16)6-13-18(22)20-21-19(23)15-7-11-17(12-8-15)27(2,24)25/h4-13H,3H2,1-2H3,(H,20,22)(H,21,23)/b13-6+. The number of nitrogens with one attached hydrogen (secondary N) is 2. The number of amides is 2. The Kier molecular flexibility index (Phi) is 6.73. The van der Waals surface area contributed by atoms with Crippen molar-refractivity contribution in [3.8, 4) is 5.75 Å². The average Bonchev–Trinajstić information content (AvgIpc) is 2.65. The predicted octanol–water partition coefficient (Wildman–Crippen LogP) is 1.96. The fraction of sp³-hybridized carbons (Fsp3) is 0.158. The summed E-state index contributed by atoms with van der Waals surface area (Å²) in [5.74, 6) is -0.323. The minimum absolute atomic E-state index is 0.112. The summed E-state index contributed by atoms with van der Waals surface area (Å²) < 4.78 is 28.1. The molecule has 0 aliphatic heterocycles. The smallest absolute Gasteiger partial charge is 0.269 e. The molecule has 0 heterocycles. The topological polar surface area (TPSA) is 102 Å². The number of rotatable bonds is 6. The molecule has 0 atom stereocenters. The largest absolute Gasteiger partial charge is 0.494 e. The highest BCUT2D eigenvalue weighted by atomic mass is 32.2. The molecule has 0 aliphatic rings. The van der Waals surface area contributed by atoms with Crippen molar-refractivity contribution in [3.05, 3.63) is 65.7 Å². The first-order valence-electron chi connectivity index (χ1n) is 8.11. The molecule has 0 fully saturated rings. The Morgan fingerprint density at radius 3 is 2.19 bits per heavy atom. The van der Waals surface area contributed by atoms with Crippen LogP contribution in [-0.4, -0.2) is 33.1 Å². The van der Waals surface area contributed by atoms with E-state index in [1.54, 1.807) is 30.3 Å². The van der Waals surface area contributed by atoms with Crippen LogP contribution < -0.4 is 15.6 Å². The monoisotopic (exact) mass is 388 g/mol. The lowest BCUT2D eigenvalue weighted by Crippen LogP contribution is -2.40. The highest BCUT2D eigenvalue weighted by Crippen LogP contribution is 2.13. The highest BCUT2D eigenvalue weighted by molar-refractivity contribution is 7.90. The number of ether oxygens (including phenoxy) is 1. The minimum Gasteiger partial charge on any atom is -0.494 e. The number of hydrogen-bond acceptors (Lipinski definition) is 5. The first-order valence-corrected chi connectivity index (χ1v) is 10.00. The van der Waals surface area contributed by atoms with Crippen LogP contribution in [0.3, 0.4) is 0 Å². The number of carbonyl (C=O) groups is 2. The zero-order chi connectivity index (χ0) is 19.9. The minimum atomic E-state index is -3.33. The summed E-state index contributed by atoms with van der Waals surface area (Å²) in [6.45, 7) is 2.47. The Balaban J connectivity index is 1.88. The molecule has 2 aromatic rings. The van der Waals surface area contributed by atoms with Gasteiger partial charge in [-0.2, -0.15) is 0 Å². The van der Waals surface area contributed by atoms with Gasteiger partial charge in [0.2, 0.25) is 0 Å². The van der Waals surface area contributed by atoms with Gasteiger partial charge in [0.25, 0.3) is 11.8 Å². The fourth-order valence-corrected chi connectivity index (χ4v) is 2.73. The van der Waals surface area contributed by atoms with Crippen LogP contribution in [0.5, 0.6) is 5.75 Å². The summed E-state index contributed by atoms with van der Waals surface area (Å²) in [6, 6.07) is 12.6. The van der Waals surface area contributed by atoms with Gasteiger partial charge in [0.1, 0.15) is 5.75 Å². The van der Waals surface area contributed by atoms with E-state index in [0.717, 1.165) is 17.6 Å². The molecule has 7 nitrogen and oxygen atoms in total. The van der Waals surface area contributed by atoms with E-state index < -0.39 is 21.7 Å². The molecule has 0 saturated heterocycles. The van der Waals surface area contributed by atoms with Crippen LogP contribution in [0.25, 0.3) is 6.08 Å². The maximum Gasteiger partial charge on any atom is 0.269 e. The van der Waals surface area contributed by atoms with Crippen molar-refractivity contribution in [1.82, 2.24) is 10.9 Å². The molecular formula is C19H20N2O5S. The molecule has 0 radical (unpaired) electrons. The quantitative estimate of drug-likeness (QED) is 0.582. The molecule has 142 valence electrons. The third kappa shape index (κ3) is 6.27. The van der Waals surface area contributed by atoms with Gasteiger partial charge in [-0.3, -0.25) is 20.4 Å². The van der Waals surface area contributed by atoms with E-state index in [2.05, 4.69) is 10.9 Å². The number of hydrazine groups is 1. The van der Waals surface area contributed by atoms with Crippen LogP contribution in [0, 0.1) is 0 Å². The molecule has 2 amide bonds. The zero-order valence-electron chi connectivity index (χ0n) is 14.9. The Hall–Kier alpha value is -3.13. The molecule has 0 aliphatic carbocycles. The SMILES string of the molecule is CCOc1ccc(/C=C/C(=O)NNC(=O)c2ccc(S(C)(=O)=O)cc2)cc1. The van der Waals surface area contributed by atoms with Gasteiger partial charge in [-0.25, -0.2) is 8.42 Å². The van der Waals surface area contributed by atoms with E-state index in [0.29, 0.717) is 6.61 Å². The van der Waals surface area contributed by atoms with Crippen LogP contribution in [-0.2, 0) is 14.6 Å². The second-order valence-electron chi connectivity index (χ2n) is 5.58. The maximum absolute atomic E-state index is 12.0. The van der Waals surface area contributed by atoms with Gasteiger partial charge in [0, 0.05) is 17.9 Å². The van der Waals surface area contributed by atoms with Crippen molar-refractivity contribution in [2.75, 3.05) is 12.9 Å². The van der Waals surface area contributed by atoms with Gasteiger partial charge >= 0.3 is 0 Å². The van der Waals surface area contributed by atoms with Crippen molar-refractivity contribution < 1.29 is 22.7 Å². The normalized spacial score (nSPS) is 11.2. The predicted molar refractivity (Wildman–Crippen MR) is 102 cm³/mol. The Morgan fingerprint density at radius 2 is 1.63 bits per heavy atom. The number of hydrogen-bond donors (Lipinski definition) is 2. The lowest BCUT2D eigenvalue weighted by molar-refractivity contribution is -0.117. The van der Waals surface area contributed by atoms with E-state index in [-0.39, 0.29) is 10.5 Å². The summed E-state index contributed by atoms with van der Waals surface area (Å²) in [5.41, 5.74) is 5.54. The lowest BCUT2D eigenvalue weighted by Gasteiger charge is -2.06. The first-order chi connectivity index (χ1) is 12.8. The van der Waals surface area contributed by atoms with Crippen molar-refractivity contribution in [2.45, 2.75) is 11.8 Å². The average molecular weight is 388 g/mol. The van der Waals surface area contributed by atoms with E-state index in [1.807, 2.05) is 6.92 Å². The van der Waals surface area contributed by atoms with Crippen LogP contribution in [0.2, 0.25) is 0 Å². The Morgan fingerprint density at radius 1 is 1.00 bits per heavy atom. The molecule has 2 rings (SSSR count). The zero-order valence-corrected chi connectivity index (χ0v) is 15.7. The van der Waals surface area contributed by atoms with Crippen molar-refractivity contribution in [3.63, 3.8) is 0 Å². The van der Waals surface area contributed by atoms with Gasteiger partial charge < -0.3 is 4.74 Å². The lowest BCUT2D eigenvalue weighted by atomic mass is 10.2. The number of carbonyl (C=O) groups excluding carboxylic acids is 2.